The summed E-state index contributed by atoms with van der Waals surface area (Å²) >= 11 is 0. The van der Waals surface area contributed by atoms with Crippen LogP contribution >= 0.6 is 0 Å². The number of carbonyl (C=O) groups is 1. The number of carbonyl (C=O) groups excluding carboxylic acids is 1. The number of benzene rings is 1. The summed E-state index contributed by atoms with van der Waals surface area (Å²) in [6.07, 6.45) is 0. The molecular formula is C20H22N6O2. The fourth-order valence-corrected chi connectivity index (χ4v) is 3.53. The van der Waals surface area contributed by atoms with Gasteiger partial charge >= 0.3 is 0 Å². The lowest BCUT2D eigenvalue weighted by atomic mass is 10.1. The van der Waals surface area contributed by atoms with Crippen LogP contribution in [0.2, 0.25) is 0 Å². The molecule has 0 spiro atoms. The molecule has 1 amide bonds. The van der Waals surface area contributed by atoms with E-state index in [0.29, 0.717) is 25.3 Å². The van der Waals surface area contributed by atoms with Crippen LogP contribution in [-0.2, 0) is 19.6 Å². The largest absolute Gasteiger partial charge is 0.497 e. The molecule has 28 heavy (non-hydrogen) atoms. The maximum Gasteiger partial charge on any atom is 0.272 e. The van der Waals surface area contributed by atoms with Crippen LogP contribution in [0.4, 0.5) is 5.95 Å². The topological polar surface area (TPSA) is 99.2 Å². The van der Waals surface area contributed by atoms with E-state index in [1.54, 1.807) is 16.7 Å². The van der Waals surface area contributed by atoms with Crippen LogP contribution in [-0.4, -0.2) is 37.7 Å². The van der Waals surface area contributed by atoms with Gasteiger partial charge in [0.05, 0.1) is 37.3 Å². The van der Waals surface area contributed by atoms with Crippen molar-refractivity contribution in [3.8, 4) is 17.0 Å². The molecule has 0 saturated heterocycles. The first kappa shape index (κ1) is 18.0. The van der Waals surface area contributed by atoms with Gasteiger partial charge in [0.2, 0.25) is 5.95 Å². The molecule has 0 saturated carbocycles. The smallest absolute Gasteiger partial charge is 0.272 e. The Hall–Kier alpha value is -3.42. The van der Waals surface area contributed by atoms with Crippen molar-refractivity contribution in [1.29, 1.82) is 0 Å². The first-order valence-electron chi connectivity index (χ1n) is 9.13. The summed E-state index contributed by atoms with van der Waals surface area (Å²) in [6.45, 7) is 5.33. The van der Waals surface area contributed by atoms with Crippen molar-refractivity contribution in [2.45, 2.75) is 33.5 Å². The van der Waals surface area contributed by atoms with Gasteiger partial charge in [-0.2, -0.15) is 5.10 Å². The number of anilines is 1. The highest BCUT2D eigenvalue weighted by Crippen LogP contribution is 2.32. The highest BCUT2D eigenvalue weighted by atomic mass is 16.5. The molecule has 8 nitrogen and oxygen atoms in total. The van der Waals surface area contributed by atoms with Crippen molar-refractivity contribution in [3.05, 3.63) is 53.0 Å². The van der Waals surface area contributed by atoms with E-state index in [1.807, 2.05) is 44.2 Å². The monoisotopic (exact) mass is 378 g/mol. The molecule has 0 unspecified atom stereocenters. The van der Waals surface area contributed by atoms with E-state index >= 15 is 0 Å². The number of aromatic nitrogens is 4. The highest BCUT2D eigenvalue weighted by Gasteiger charge is 2.30. The quantitative estimate of drug-likeness (QED) is 0.748. The molecule has 0 aliphatic carbocycles. The van der Waals surface area contributed by atoms with Crippen LogP contribution < -0.4 is 10.5 Å². The number of nitrogens with zero attached hydrogens (tertiary/aromatic N) is 5. The van der Waals surface area contributed by atoms with Crippen LogP contribution in [0.5, 0.6) is 5.75 Å². The molecule has 4 rings (SSSR count). The number of ether oxygens (including phenoxy) is 1. The third kappa shape index (κ3) is 3.06. The zero-order chi connectivity index (χ0) is 19.8. The maximum atomic E-state index is 13.1. The zero-order valence-corrected chi connectivity index (χ0v) is 16.1. The molecule has 1 aliphatic heterocycles. The predicted molar refractivity (Wildman–Crippen MR) is 105 cm³/mol. The Bertz CT molecular complexity index is 1040. The summed E-state index contributed by atoms with van der Waals surface area (Å²) in [5.74, 6) is 0.899. The molecule has 0 fully saturated rings. The van der Waals surface area contributed by atoms with Crippen LogP contribution in [0.25, 0.3) is 11.3 Å². The molecule has 0 bridgehead atoms. The molecule has 144 valence electrons. The number of aryl methyl sites for hydroxylation is 2. The van der Waals surface area contributed by atoms with E-state index in [0.717, 1.165) is 34.0 Å². The zero-order valence-electron chi connectivity index (χ0n) is 16.1. The molecule has 8 heteroatoms. The van der Waals surface area contributed by atoms with Crippen molar-refractivity contribution in [1.82, 2.24) is 24.6 Å². The second-order valence-electron chi connectivity index (χ2n) is 6.73. The van der Waals surface area contributed by atoms with E-state index in [2.05, 4.69) is 15.1 Å². The Balaban J connectivity index is 1.68. The van der Waals surface area contributed by atoms with E-state index in [9.17, 15) is 4.79 Å². The second-order valence-corrected chi connectivity index (χ2v) is 6.73. The number of rotatable bonds is 4. The van der Waals surface area contributed by atoms with Crippen LogP contribution in [0.3, 0.4) is 0 Å². The summed E-state index contributed by atoms with van der Waals surface area (Å²) in [5.41, 5.74) is 10.7. The number of hydrogen-bond acceptors (Lipinski definition) is 6. The summed E-state index contributed by atoms with van der Waals surface area (Å²) in [7, 11) is 1.63. The number of amides is 1. The molecule has 3 aromatic rings. The molecule has 0 radical (unpaired) electrons. The normalized spacial score (nSPS) is 12.9. The van der Waals surface area contributed by atoms with Gasteiger partial charge in [-0.05, 0) is 44.2 Å². The third-order valence-corrected chi connectivity index (χ3v) is 4.87. The Morgan fingerprint density at radius 1 is 1.21 bits per heavy atom. The lowest BCUT2D eigenvalue weighted by Gasteiger charge is -2.15. The van der Waals surface area contributed by atoms with E-state index in [1.165, 1.54) is 0 Å². The average Bonchev–Trinajstić information content (AvgIpc) is 3.30. The Kier molecular flexibility index (Phi) is 4.46. The van der Waals surface area contributed by atoms with Gasteiger partial charge in [-0.3, -0.25) is 9.48 Å². The average molecular weight is 378 g/mol. The number of methoxy groups -OCH3 is 1. The van der Waals surface area contributed by atoms with Crippen LogP contribution in [0, 0.1) is 6.92 Å². The van der Waals surface area contributed by atoms with Crippen LogP contribution in [0.15, 0.2) is 30.3 Å². The molecule has 1 aromatic carbocycles. The molecule has 1 aliphatic rings. The number of nitrogens with two attached hydrogens (primary N) is 1. The number of hydrogen-bond donors (Lipinski definition) is 1. The number of nitrogen functional groups attached to an aromatic ring is 1. The van der Waals surface area contributed by atoms with Gasteiger partial charge in [0.15, 0.2) is 0 Å². The fraction of sp³-hybridized carbons (Fsp3) is 0.300. The Morgan fingerprint density at radius 2 is 1.96 bits per heavy atom. The maximum absolute atomic E-state index is 13.1. The van der Waals surface area contributed by atoms with Crippen molar-refractivity contribution in [2.24, 2.45) is 0 Å². The molecule has 0 atom stereocenters. The summed E-state index contributed by atoms with van der Waals surface area (Å²) in [6, 6.07) is 9.43. The van der Waals surface area contributed by atoms with Crippen molar-refractivity contribution in [2.75, 3.05) is 12.8 Å². The predicted octanol–water partition coefficient (Wildman–Crippen LogP) is 2.42. The van der Waals surface area contributed by atoms with E-state index in [4.69, 9.17) is 10.5 Å². The van der Waals surface area contributed by atoms with Gasteiger partial charge in [0.25, 0.3) is 5.91 Å². The van der Waals surface area contributed by atoms with Gasteiger partial charge in [-0.25, -0.2) is 9.97 Å². The minimum absolute atomic E-state index is 0.0697. The molecule has 2 N–H and O–H groups in total. The third-order valence-electron chi connectivity index (χ3n) is 4.87. The SMILES string of the molecule is CCn1nc(C)cc1C(=O)N1Cc2nc(N)nc(-c3ccc(OC)cc3)c2C1. The van der Waals surface area contributed by atoms with E-state index in [-0.39, 0.29) is 11.9 Å². The Morgan fingerprint density at radius 3 is 2.64 bits per heavy atom. The van der Waals surface area contributed by atoms with Crippen molar-refractivity contribution >= 4 is 11.9 Å². The molecule has 3 heterocycles. The Labute approximate surface area is 163 Å². The number of fused-ring (bicyclic) bond motifs is 1. The van der Waals surface area contributed by atoms with Gasteiger partial charge in [-0.15, -0.1) is 0 Å². The second kappa shape index (κ2) is 6.95. The summed E-state index contributed by atoms with van der Waals surface area (Å²) in [5, 5.41) is 4.38. The first-order chi connectivity index (χ1) is 13.5. The standard InChI is InChI=1S/C20H22N6O2/c1-4-26-17(9-12(2)24-26)19(27)25-10-15-16(11-25)22-20(21)23-18(15)13-5-7-14(28-3)8-6-13/h5-9H,4,10-11H2,1-3H3,(H2,21,22,23). The lowest BCUT2D eigenvalue weighted by molar-refractivity contribution is 0.0738. The van der Waals surface area contributed by atoms with Gasteiger partial charge in [0.1, 0.15) is 11.4 Å². The van der Waals surface area contributed by atoms with Crippen molar-refractivity contribution in [3.63, 3.8) is 0 Å². The minimum Gasteiger partial charge on any atom is -0.497 e. The lowest BCUT2D eigenvalue weighted by Crippen LogP contribution is -2.27. The molecule has 2 aromatic heterocycles. The van der Waals surface area contributed by atoms with Gasteiger partial charge < -0.3 is 15.4 Å². The minimum atomic E-state index is -0.0697. The van der Waals surface area contributed by atoms with Crippen LogP contribution in [0.1, 0.15) is 34.4 Å². The fourth-order valence-electron chi connectivity index (χ4n) is 3.53. The van der Waals surface area contributed by atoms with Gasteiger partial charge in [-0.1, -0.05) is 0 Å². The van der Waals surface area contributed by atoms with Crippen molar-refractivity contribution < 1.29 is 9.53 Å². The highest BCUT2D eigenvalue weighted by molar-refractivity contribution is 5.93. The summed E-state index contributed by atoms with van der Waals surface area (Å²) < 4.78 is 6.95. The summed E-state index contributed by atoms with van der Waals surface area (Å²) in [4.78, 5) is 23.7. The first-order valence-corrected chi connectivity index (χ1v) is 9.13. The van der Waals surface area contributed by atoms with Gasteiger partial charge in [0, 0.05) is 17.7 Å². The molecular weight excluding hydrogens is 356 g/mol. The van der Waals surface area contributed by atoms with E-state index < -0.39 is 0 Å².